The molecule has 130 valence electrons. The number of hydrogen-bond donors (Lipinski definition) is 1. The number of halogens is 1. The number of amides is 1. The first kappa shape index (κ1) is 17.7. The second-order valence-corrected chi connectivity index (χ2v) is 8.18. The van der Waals surface area contributed by atoms with Gasteiger partial charge in [-0.05, 0) is 35.2 Å². The fourth-order valence-electron chi connectivity index (χ4n) is 2.46. The standard InChI is InChI=1S/C19H19ClN2O2S/c1-19(2,3)13-6-4-5-7-15(13)24-11-17(23)22-18-21-14-9-8-12(20)10-16(14)25-18/h4-10H,11H2,1-3H3,(H,21,22,23). The highest BCUT2D eigenvalue weighted by molar-refractivity contribution is 7.22. The van der Waals surface area contributed by atoms with Crippen molar-refractivity contribution in [3.8, 4) is 5.75 Å². The van der Waals surface area contributed by atoms with Gasteiger partial charge in [0.15, 0.2) is 11.7 Å². The number of nitrogens with zero attached hydrogens (tertiary/aromatic N) is 1. The van der Waals surface area contributed by atoms with E-state index in [0.29, 0.717) is 10.2 Å². The van der Waals surface area contributed by atoms with Gasteiger partial charge < -0.3 is 4.74 Å². The lowest BCUT2D eigenvalue weighted by Gasteiger charge is -2.22. The van der Waals surface area contributed by atoms with Gasteiger partial charge in [0.1, 0.15) is 5.75 Å². The molecule has 3 aromatic rings. The normalized spacial score (nSPS) is 11.5. The third-order valence-electron chi connectivity index (χ3n) is 3.65. The second kappa shape index (κ2) is 7.02. The summed E-state index contributed by atoms with van der Waals surface area (Å²) in [6.45, 7) is 6.27. The summed E-state index contributed by atoms with van der Waals surface area (Å²) >= 11 is 7.36. The molecule has 1 heterocycles. The molecule has 0 aliphatic rings. The van der Waals surface area contributed by atoms with E-state index in [9.17, 15) is 4.79 Å². The van der Waals surface area contributed by atoms with E-state index in [1.54, 1.807) is 6.07 Å². The van der Waals surface area contributed by atoms with Crippen LogP contribution in [0.3, 0.4) is 0 Å². The summed E-state index contributed by atoms with van der Waals surface area (Å²) in [6.07, 6.45) is 0. The smallest absolute Gasteiger partial charge is 0.264 e. The highest BCUT2D eigenvalue weighted by Gasteiger charge is 2.19. The molecule has 2 aromatic carbocycles. The largest absolute Gasteiger partial charge is 0.483 e. The molecule has 0 spiro atoms. The fourth-order valence-corrected chi connectivity index (χ4v) is 3.62. The van der Waals surface area contributed by atoms with Crippen LogP contribution >= 0.6 is 22.9 Å². The van der Waals surface area contributed by atoms with Gasteiger partial charge in [-0.2, -0.15) is 0 Å². The highest BCUT2D eigenvalue weighted by atomic mass is 35.5. The number of fused-ring (bicyclic) bond motifs is 1. The number of aromatic nitrogens is 1. The first-order valence-corrected chi connectivity index (χ1v) is 9.10. The van der Waals surface area contributed by atoms with E-state index in [4.69, 9.17) is 16.3 Å². The molecule has 0 aliphatic carbocycles. The Morgan fingerprint density at radius 1 is 1.24 bits per heavy atom. The number of rotatable bonds is 4. The SMILES string of the molecule is CC(C)(C)c1ccccc1OCC(=O)Nc1nc2ccc(Cl)cc2s1. The molecule has 0 bridgehead atoms. The predicted octanol–water partition coefficient (Wildman–Crippen LogP) is 5.26. The number of anilines is 1. The second-order valence-electron chi connectivity index (χ2n) is 6.71. The van der Waals surface area contributed by atoms with E-state index in [1.807, 2.05) is 36.4 Å². The number of para-hydroxylation sites is 1. The van der Waals surface area contributed by atoms with Crippen molar-refractivity contribution in [1.29, 1.82) is 0 Å². The molecule has 0 atom stereocenters. The molecule has 0 aliphatic heterocycles. The molecule has 0 unspecified atom stereocenters. The third-order valence-corrected chi connectivity index (χ3v) is 4.82. The van der Waals surface area contributed by atoms with E-state index in [-0.39, 0.29) is 17.9 Å². The van der Waals surface area contributed by atoms with Crippen LogP contribution in [0.4, 0.5) is 5.13 Å². The van der Waals surface area contributed by atoms with Gasteiger partial charge in [0.05, 0.1) is 10.2 Å². The fraction of sp³-hybridized carbons (Fsp3) is 0.263. The molecule has 3 rings (SSSR count). The maximum atomic E-state index is 12.2. The predicted molar refractivity (Wildman–Crippen MR) is 104 cm³/mol. The van der Waals surface area contributed by atoms with Crippen molar-refractivity contribution < 1.29 is 9.53 Å². The molecule has 6 heteroatoms. The average molecular weight is 375 g/mol. The zero-order valence-electron chi connectivity index (χ0n) is 14.3. The van der Waals surface area contributed by atoms with Crippen LogP contribution in [0.1, 0.15) is 26.3 Å². The van der Waals surface area contributed by atoms with Crippen LogP contribution in [0, 0.1) is 0 Å². The van der Waals surface area contributed by atoms with Crippen LogP contribution in [-0.4, -0.2) is 17.5 Å². The molecule has 0 saturated carbocycles. The summed E-state index contributed by atoms with van der Waals surface area (Å²) in [5.74, 6) is 0.482. The van der Waals surface area contributed by atoms with E-state index in [1.165, 1.54) is 11.3 Å². The molecule has 0 saturated heterocycles. The first-order valence-electron chi connectivity index (χ1n) is 7.91. The summed E-state index contributed by atoms with van der Waals surface area (Å²) in [6, 6.07) is 13.2. The minimum atomic E-state index is -0.242. The van der Waals surface area contributed by atoms with E-state index in [0.717, 1.165) is 21.5 Å². The van der Waals surface area contributed by atoms with Crippen molar-refractivity contribution in [2.45, 2.75) is 26.2 Å². The Morgan fingerprint density at radius 3 is 2.76 bits per heavy atom. The minimum Gasteiger partial charge on any atom is -0.483 e. The number of nitrogens with one attached hydrogen (secondary N) is 1. The van der Waals surface area contributed by atoms with Crippen molar-refractivity contribution >= 4 is 44.2 Å². The van der Waals surface area contributed by atoms with E-state index < -0.39 is 0 Å². The average Bonchev–Trinajstić information content (AvgIpc) is 2.93. The van der Waals surface area contributed by atoms with Crippen molar-refractivity contribution in [3.05, 3.63) is 53.1 Å². The quantitative estimate of drug-likeness (QED) is 0.677. The molecular formula is C19H19ClN2O2S. The maximum Gasteiger partial charge on any atom is 0.264 e. The van der Waals surface area contributed by atoms with Crippen molar-refractivity contribution in [2.24, 2.45) is 0 Å². The molecule has 1 aromatic heterocycles. The Labute approximate surface area is 155 Å². The number of ether oxygens (including phenoxy) is 1. The molecule has 0 fully saturated rings. The van der Waals surface area contributed by atoms with E-state index in [2.05, 4.69) is 31.1 Å². The molecule has 1 amide bonds. The molecule has 4 nitrogen and oxygen atoms in total. The Hall–Kier alpha value is -2.11. The topological polar surface area (TPSA) is 51.2 Å². The third kappa shape index (κ3) is 4.30. The zero-order chi connectivity index (χ0) is 18.0. The van der Waals surface area contributed by atoms with Gasteiger partial charge in [-0.25, -0.2) is 4.98 Å². The van der Waals surface area contributed by atoms with Crippen LogP contribution in [0.5, 0.6) is 5.75 Å². The van der Waals surface area contributed by atoms with Crippen LogP contribution < -0.4 is 10.1 Å². The summed E-state index contributed by atoms with van der Waals surface area (Å²) < 4.78 is 6.67. The van der Waals surface area contributed by atoms with Gasteiger partial charge in [0.2, 0.25) is 0 Å². The maximum absolute atomic E-state index is 12.2. The van der Waals surface area contributed by atoms with Crippen molar-refractivity contribution in [1.82, 2.24) is 4.98 Å². The Kier molecular flexibility index (Phi) is 4.97. The van der Waals surface area contributed by atoms with Gasteiger partial charge in [0, 0.05) is 5.02 Å². The molecule has 25 heavy (non-hydrogen) atoms. The van der Waals surface area contributed by atoms with Gasteiger partial charge in [-0.3, -0.25) is 10.1 Å². The number of carbonyl (C=O) groups is 1. The summed E-state index contributed by atoms with van der Waals surface area (Å²) in [5.41, 5.74) is 1.82. The Balaban J connectivity index is 1.67. The zero-order valence-corrected chi connectivity index (χ0v) is 15.9. The van der Waals surface area contributed by atoms with Gasteiger partial charge in [0.25, 0.3) is 5.91 Å². The van der Waals surface area contributed by atoms with Gasteiger partial charge in [-0.15, -0.1) is 0 Å². The number of carbonyl (C=O) groups excluding carboxylic acids is 1. The summed E-state index contributed by atoms with van der Waals surface area (Å²) in [4.78, 5) is 16.6. The van der Waals surface area contributed by atoms with Crippen LogP contribution in [0.2, 0.25) is 5.02 Å². The number of thiazole rings is 1. The summed E-state index contributed by atoms with van der Waals surface area (Å²) in [5, 5.41) is 3.97. The Bertz CT molecular complexity index is 915. The lowest BCUT2D eigenvalue weighted by molar-refractivity contribution is -0.118. The monoisotopic (exact) mass is 374 g/mol. The Morgan fingerprint density at radius 2 is 2.00 bits per heavy atom. The van der Waals surface area contributed by atoms with Gasteiger partial charge in [-0.1, -0.05) is 61.9 Å². The minimum absolute atomic E-state index is 0.0562. The van der Waals surface area contributed by atoms with Crippen molar-refractivity contribution in [2.75, 3.05) is 11.9 Å². The van der Waals surface area contributed by atoms with Crippen LogP contribution in [0.25, 0.3) is 10.2 Å². The lowest BCUT2D eigenvalue weighted by Crippen LogP contribution is -2.21. The van der Waals surface area contributed by atoms with Crippen LogP contribution in [-0.2, 0) is 10.2 Å². The summed E-state index contributed by atoms with van der Waals surface area (Å²) in [7, 11) is 0. The number of hydrogen-bond acceptors (Lipinski definition) is 4. The van der Waals surface area contributed by atoms with Crippen LogP contribution in [0.15, 0.2) is 42.5 Å². The number of benzene rings is 2. The lowest BCUT2D eigenvalue weighted by atomic mass is 9.86. The van der Waals surface area contributed by atoms with Gasteiger partial charge >= 0.3 is 0 Å². The van der Waals surface area contributed by atoms with Crippen molar-refractivity contribution in [3.63, 3.8) is 0 Å². The molecular weight excluding hydrogens is 356 g/mol. The van der Waals surface area contributed by atoms with E-state index >= 15 is 0 Å². The molecule has 0 radical (unpaired) electrons. The molecule has 1 N–H and O–H groups in total. The highest BCUT2D eigenvalue weighted by Crippen LogP contribution is 2.31. The first-order chi connectivity index (χ1) is 11.8.